The smallest absolute Gasteiger partial charge is 0.0834 e. The van der Waals surface area contributed by atoms with Gasteiger partial charge in [0.1, 0.15) is 0 Å². The molecule has 0 spiro atoms. The van der Waals surface area contributed by atoms with E-state index in [2.05, 4.69) is 47.8 Å². The van der Waals surface area contributed by atoms with Crippen LogP contribution < -0.4 is 5.32 Å². The third kappa shape index (κ3) is 2.84. The third-order valence-electron chi connectivity index (χ3n) is 3.49. The molecular weight excluding hydrogens is 286 g/mol. The zero-order valence-electron chi connectivity index (χ0n) is 11.2. The number of hydrogen-bond donors (Lipinski definition) is 1. The van der Waals surface area contributed by atoms with Crippen molar-refractivity contribution in [2.24, 2.45) is 7.05 Å². The minimum atomic E-state index is 0.262. The molecule has 4 unspecified atom stereocenters. The number of hydrogen-bond acceptors (Lipinski definition) is 4. The molecule has 18 heavy (non-hydrogen) atoms. The lowest BCUT2D eigenvalue weighted by molar-refractivity contribution is 0.536. The monoisotopic (exact) mass is 305 g/mol. The first kappa shape index (κ1) is 14.6. The molecule has 6 heteroatoms. The number of nitrogens with zero attached hydrogens (tertiary/aromatic N) is 2. The van der Waals surface area contributed by atoms with Gasteiger partial charge in [-0.05, 0) is 7.05 Å². The van der Waals surface area contributed by atoms with Crippen molar-refractivity contribution >= 4 is 35.1 Å². The van der Waals surface area contributed by atoms with Crippen molar-refractivity contribution in [1.29, 1.82) is 0 Å². The molecule has 1 aliphatic rings. The molecule has 0 saturated carbocycles. The molecule has 0 bridgehead atoms. The molecule has 0 radical (unpaired) electrons. The lowest BCUT2D eigenvalue weighted by atomic mass is 10.1. The first-order chi connectivity index (χ1) is 8.54. The van der Waals surface area contributed by atoms with Gasteiger partial charge in [0.15, 0.2) is 0 Å². The maximum atomic E-state index is 6.26. The number of aromatic nitrogens is 2. The number of thioether (sulfide) groups is 2. The molecule has 1 aromatic rings. The maximum Gasteiger partial charge on any atom is 0.0834 e. The van der Waals surface area contributed by atoms with Gasteiger partial charge in [-0.2, -0.15) is 28.6 Å². The minimum absolute atomic E-state index is 0.262. The Hall–Kier alpha value is 0.160. The predicted octanol–water partition coefficient (Wildman–Crippen LogP) is 2.96. The lowest BCUT2D eigenvalue weighted by Gasteiger charge is -2.35. The standard InChI is InChI=1S/C12H20ClN3S2/c1-7-8(2)18-10(6-17-7)11(14-3)12-9(13)5-15-16(12)4/h5,7-8,10-11,14H,6H2,1-4H3. The van der Waals surface area contributed by atoms with Gasteiger partial charge >= 0.3 is 0 Å². The van der Waals surface area contributed by atoms with Gasteiger partial charge in [-0.3, -0.25) is 4.68 Å². The topological polar surface area (TPSA) is 29.9 Å². The van der Waals surface area contributed by atoms with E-state index in [4.69, 9.17) is 11.6 Å². The summed E-state index contributed by atoms with van der Waals surface area (Å²) in [6.45, 7) is 4.62. The second-order valence-electron chi connectivity index (χ2n) is 4.69. The zero-order valence-corrected chi connectivity index (χ0v) is 13.6. The van der Waals surface area contributed by atoms with Gasteiger partial charge in [0.05, 0.1) is 23.0 Å². The van der Waals surface area contributed by atoms with Crippen LogP contribution in [0.1, 0.15) is 25.6 Å². The first-order valence-electron chi connectivity index (χ1n) is 6.16. The van der Waals surface area contributed by atoms with E-state index in [-0.39, 0.29) is 6.04 Å². The zero-order chi connectivity index (χ0) is 13.3. The van der Waals surface area contributed by atoms with Gasteiger partial charge in [-0.25, -0.2) is 0 Å². The molecule has 4 atom stereocenters. The summed E-state index contributed by atoms with van der Waals surface area (Å²) in [7, 11) is 3.96. The molecule has 2 rings (SSSR count). The van der Waals surface area contributed by atoms with E-state index < -0.39 is 0 Å². The van der Waals surface area contributed by atoms with E-state index in [0.717, 1.165) is 21.7 Å². The molecular formula is C12H20ClN3S2. The highest BCUT2D eigenvalue weighted by molar-refractivity contribution is 8.07. The first-order valence-corrected chi connectivity index (χ1v) is 8.53. The summed E-state index contributed by atoms with van der Waals surface area (Å²) in [5.74, 6) is 1.16. The second kappa shape index (κ2) is 6.07. The Morgan fingerprint density at radius 2 is 2.22 bits per heavy atom. The van der Waals surface area contributed by atoms with Crippen molar-refractivity contribution in [3.8, 4) is 0 Å². The Balaban J connectivity index is 2.19. The normalized spacial score (nSPS) is 30.4. The molecule has 1 aliphatic heterocycles. The van der Waals surface area contributed by atoms with Crippen LogP contribution in [0.25, 0.3) is 0 Å². The second-order valence-corrected chi connectivity index (χ2v) is 8.12. The van der Waals surface area contributed by atoms with Crippen LogP contribution in [0.3, 0.4) is 0 Å². The quantitative estimate of drug-likeness (QED) is 0.930. The highest BCUT2D eigenvalue weighted by Gasteiger charge is 2.33. The predicted molar refractivity (Wildman–Crippen MR) is 82.8 cm³/mol. The summed E-state index contributed by atoms with van der Waals surface area (Å²) < 4.78 is 1.89. The number of aryl methyl sites for hydroxylation is 1. The van der Waals surface area contributed by atoms with E-state index in [9.17, 15) is 0 Å². The molecule has 1 fully saturated rings. The van der Waals surface area contributed by atoms with E-state index in [0.29, 0.717) is 10.5 Å². The average Bonchev–Trinajstić information content (AvgIpc) is 2.66. The fourth-order valence-corrected chi connectivity index (χ4v) is 5.66. The molecule has 0 aromatic carbocycles. The van der Waals surface area contributed by atoms with Crippen molar-refractivity contribution in [1.82, 2.24) is 15.1 Å². The van der Waals surface area contributed by atoms with Crippen LogP contribution in [0.5, 0.6) is 0 Å². The van der Waals surface area contributed by atoms with E-state index in [1.807, 2.05) is 18.8 Å². The highest BCUT2D eigenvalue weighted by Crippen LogP contribution is 2.41. The van der Waals surface area contributed by atoms with E-state index in [1.54, 1.807) is 6.20 Å². The third-order valence-corrected chi connectivity index (χ3v) is 7.27. The largest absolute Gasteiger partial charge is 0.311 e. The number of halogens is 1. The van der Waals surface area contributed by atoms with Crippen LogP contribution in [0.4, 0.5) is 0 Å². The van der Waals surface area contributed by atoms with Gasteiger partial charge in [0.25, 0.3) is 0 Å². The van der Waals surface area contributed by atoms with Crippen molar-refractivity contribution in [2.45, 2.75) is 35.6 Å². The Labute approximate surface area is 122 Å². The van der Waals surface area contributed by atoms with E-state index in [1.165, 1.54) is 0 Å². The minimum Gasteiger partial charge on any atom is -0.311 e. The van der Waals surface area contributed by atoms with Gasteiger partial charge in [-0.15, -0.1) is 0 Å². The number of rotatable bonds is 3. The molecule has 3 nitrogen and oxygen atoms in total. The Bertz CT molecular complexity index is 391. The summed E-state index contributed by atoms with van der Waals surface area (Å²) >= 11 is 10.4. The highest BCUT2D eigenvalue weighted by atomic mass is 35.5. The molecule has 1 aromatic heterocycles. The van der Waals surface area contributed by atoms with E-state index >= 15 is 0 Å². The van der Waals surface area contributed by atoms with Crippen LogP contribution in [0, 0.1) is 0 Å². The molecule has 0 aliphatic carbocycles. The molecule has 2 heterocycles. The van der Waals surface area contributed by atoms with Crippen molar-refractivity contribution in [3.63, 3.8) is 0 Å². The fraction of sp³-hybridized carbons (Fsp3) is 0.750. The van der Waals surface area contributed by atoms with Crippen molar-refractivity contribution in [2.75, 3.05) is 12.8 Å². The van der Waals surface area contributed by atoms with Gasteiger partial charge in [0.2, 0.25) is 0 Å². The molecule has 1 N–H and O–H groups in total. The summed E-state index contributed by atoms with van der Waals surface area (Å²) in [5.41, 5.74) is 1.10. The molecule has 102 valence electrons. The van der Waals surface area contributed by atoms with Crippen molar-refractivity contribution < 1.29 is 0 Å². The summed E-state index contributed by atoms with van der Waals surface area (Å²) in [6, 6.07) is 0.262. The Morgan fingerprint density at radius 1 is 1.50 bits per heavy atom. The van der Waals surface area contributed by atoms with Gasteiger partial charge < -0.3 is 5.32 Å². The average molecular weight is 306 g/mol. The van der Waals surface area contributed by atoms with Crippen LogP contribution in [-0.4, -0.2) is 38.3 Å². The Morgan fingerprint density at radius 3 is 2.72 bits per heavy atom. The Kier molecular flexibility index (Phi) is 4.92. The fourth-order valence-electron chi connectivity index (χ4n) is 2.25. The van der Waals surface area contributed by atoms with Crippen LogP contribution in [0.15, 0.2) is 6.20 Å². The van der Waals surface area contributed by atoms with Crippen LogP contribution in [-0.2, 0) is 7.05 Å². The van der Waals surface area contributed by atoms with Gasteiger partial charge in [0, 0.05) is 28.6 Å². The summed E-state index contributed by atoms with van der Waals surface area (Å²) in [5, 5.41) is 10.4. The van der Waals surface area contributed by atoms with Gasteiger partial charge in [-0.1, -0.05) is 25.4 Å². The SMILES string of the molecule is CNC(c1c(Cl)cnn1C)C1CSC(C)C(C)S1. The van der Waals surface area contributed by atoms with Crippen molar-refractivity contribution in [3.05, 3.63) is 16.9 Å². The lowest BCUT2D eigenvalue weighted by Crippen LogP contribution is -2.36. The summed E-state index contributed by atoms with van der Waals surface area (Å²) in [6.07, 6.45) is 1.73. The molecule has 1 saturated heterocycles. The van der Waals surface area contributed by atoms with Crippen LogP contribution in [0.2, 0.25) is 5.02 Å². The summed E-state index contributed by atoms with van der Waals surface area (Å²) in [4.78, 5) is 0. The number of nitrogens with one attached hydrogen (secondary N) is 1. The van der Waals surface area contributed by atoms with Crippen LogP contribution >= 0.6 is 35.1 Å². The maximum absolute atomic E-state index is 6.26. The molecule has 0 amide bonds.